The zero-order valence-electron chi connectivity index (χ0n) is 42.2. The third-order valence-electron chi connectivity index (χ3n) is 11.7. The molecule has 0 bridgehead atoms. The molecule has 8 amide bonds. The number of nitrogens with two attached hydrogens (primary N) is 2. The predicted molar refractivity (Wildman–Crippen MR) is 284 cm³/mol. The molecule has 6 aromatic heterocycles. The van der Waals surface area contributed by atoms with E-state index in [1.165, 1.54) is 78.9 Å². The maximum Gasteiger partial charge on any atom is 0.272 e. The van der Waals surface area contributed by atoms with Gasteiger partial charge in [-0.3, -0.25) is 49.2 Å². The Morgan fingerprint density at radius 3 is 0.763 bits per heavy atom. The van der Waals surface area contributed by atoms with Crippen molar-refractivity contribution in [3.05, 3.63) is 143 Å². The molecule has 0 aliphatic carbocycles. The molecule has 0 aliphatic heterocycles. The number of benzene rings is 1. The number of carbonyl (C=O) groups is 8. The fourth-order valence-corrected chi connectivity index (χ4v) is 7.91. The van der Waals surface area contributed by atoms with Crippen LogP contribution in [0.4, 0.5) is 34.1 Å². The molecule has 0 atom stereocenters. The van der Waals surface area contributed by atoms with Crippen LogP contribution in [0.25, 0.3) is 0 Å². The van der Waals surface area contributed by atoms with Gasteiger partial charge in [-0.05, 0) is 60.7 Å². The molecule has 0 aliphatic rings. The quantitative estimate of drug-likeness (QED) is 0.0390. The molecule has 7 rings (SSSR count). The summed E-state index contributed by atoms with van der Waals surface area (Å²) in [4.78, 5) is 105. The van der Waals surface area contributed by atoms with Crippen LogP contribution in [0.15, 0.2) is 97.8 Å². The lowest BCUT2D eigenvalue weighted by Gasteiger charge is -2.05. The summed E-state index contributed by atoms with van der Waals surface area (Å²) < 4.78 is 9.19. The first-order valence-corrected chi connectivity index (χ1v) is 23.2. The Balaban J connectivity index is 0.891. The van der Waals surface area contributed by atoms with Crippen LogP contribution in [-0.2, 0) is 42.3 Å². The number of aromatic nitrogens is 6. The molecule has 26 heteroatoms. The van der Waals surface area contributed by atoms with Crippen LogP contribution < -0.4 is 54.0 Å². The van der Waals surface area contributed by atoms with E-state index in [2.05, 4.69) is 42.5 Å². The van der Waals surface area contributed by atoms with Crippen LogP contribution in [-0.4, -0.2) is 99.4 Å². The summed E-state index contributed by atoms with van der Waals surface area (Å²) in [6.07, 6.45) is 9.77. The van der Waals surface area contributed by atoms with Gasteiger partial charge in [0.25, 0.3) is 47.3 Å². The molecule has 0 spiro atoms. The van der Waals surface area contributed by atoms with Gasteiger partial charge in [-0.2, -0.15) is 0 Å². The van der Waals surface area contributed by atoms with E-state index in [9.17, 15) is 38.4 Å². The predicted octanol–water partition coefficient (Wildman–Crippen LogP) is 3.34. The standard InChI is InChI=1S/C50H56N18O8/c1-63-23-31(15-35(63)45(71)55-13-11-41(51)52)59-49(75)39-19-33(25-67(39)5)61-47(73)37-17-29(21-65(37)3)57-43(69)27-7-9-28(10-8-27)44(70)58-30-18-38(66(4)22-30)48(74)62-34-20-40(68(6)26-34)50(76)60-32-16-36(64(2)24-32)46(72)56-14-12-42(53)54/h7-10,15-26H,11-14H2,1-6H3,(H3,51,52)(H3,53,54)(H,55,71)(H,56,72)(H,57,69)(H,58,70)(H,59,75)(H,60,76)(H,61,73)(H,62,74). The number of nitrogens with one attached hydrogen (secondary N) is 10. The van der Waals surface area contributed by atoms with E-state index >= 15 is 0 Å². The minimum absolute atomic E-state index is 0.0538. The van der Waals surface area contributed by atoms with Crippen molar-refractivity contribution in [3.63, 3.8) is 0 Å². The number of hydrogen-bond donors (Lipinski definition) is 12. The van der Waals surface area contributed by atoms with Gasteiger partial charge in [0.1, 0.15) is 34.2 Å². The number of anilines is 6. The van der Waals surface area contributed by atoms with Crippen LogP contribution in [0, 0.1) is 10.8 Å². The van der Waals surface area contributed by atoms with Gasteiger partial charge in [0, 0.05) is 117 Å². The molecule has 1 aromatic carbocycles. The number of aryl methyl sites for hydroxylation is 6. The fourth-order valence-electron chi connectivity index (χ4n) is 7.91. The first-order valence-electron chi connectivity index (χ1n) is 23.2. The highest BCUT2D eigenvalue weighted by Crippen LogP contribution is 2.23. The zero-order chi connectivity index (χ0) is 55.1. The van der Waals surface area contributed by atoms with Crippen molar-refractivity contribution in [3.8, 4) is 0 Å². The van der Waals surface area contributed by atoms with Crippen molar-refractivity contribution < 1.29 is 38.4 Å². The smallest absolute Gasteiger partial charge is 0.272 e. The third kappa shape index (κ3) is 12.8. The highest BCUT2D eigenvalue weighted by atomic mass is 16.2. The zero-order valence-corrected chi connectivity index (χ0v) is 42.2. The maximum atomic E-state index is 13.4. The molecule has 0 radical (unpaired) electrons. The number of nitrogens with zero attached hydrogens (tertiary/aromatic N) is 6. The van der Waals surface area contributed by atoms with Crippen LogP contribution in [0.3, 0.4) is 0 Å². The van der Waals surface area contributed by atoms with Gasteiger partial charge in [-0.1, -0.05) is 0 Å². The van der Waals surface area contributed by atoms with Crippen LogP contribution in [0.5, 0.6) is 0 Å². The van der Waals surface area contributed by atoms with Gasteiger partial charge < -0.3 is 81.4 Å². The minimum Gasteiger partial charge on any atom is -0.388 e. The highest BCUT2D eigenvalue weighted by molar-refractivity contribution is 6.11. The molecule has 394 valence electrons. The van der Waals surface area contributed by atoms with E-state index in [0.717, 1.165) is 0 Å². The lowest BCUT2D eigenvalue weighted by Crippen LogP contribution is -2.28. The number of amides is 8. The van der Waals surface area contributed by atoms with Gasteiger partial charge >= 0.3 is 0 Å². The Labute approximate surface area is 433 Å². The Bertz CT molecular complexity index is 3240. The first-order chi connectivity index (χ1) is 36.0. The molecule has 76 heavy (non-hydrogen) atoms. The summed E-state index contributed by atoms with van der Waals surface area (Å²) in [5.74, 6) is -3.96. The molecule has 0 unspecified atom stereocenters. The second-order valence-electron chi connectivity index (χ2n) is 17.7. The normalized spacial score (nSPS) is 10.8. The molecular weight excluding hydrogens is 981 g/mol. The third-order valence-corrected chi connectivity index (χ3v) is 11.7. The summed E-state index contributed by atoms with van der Waals surface area (Å²) >= 11 is 0. The fraction of sp³-hybridized carbons (Fsp3) is 0.200. The molecule has 0 fully saturated rings. The second kappa shape index (κ2) is 22.6. The summed E-state index contributed by atoms with van der Waals surface area (Å²) in [7, 11) is 9.81. The lowest BCUT2D eigenvalue weighted by atomic mass is 10.1. The van der Waals surface area contributed by atoms with E-state index in [1.807, 2.05) is 0 Å². The summed E-state index contributed by atoms with van der Waals surface area (Å²) in [5.41, 5.74) is 14.5. The molecule has 0 saturated heterocycles. The Kier molecular flexibility index (Phi) is 15.9. The first kappa shape index (κ1) is 53.4. The van der Waals surface area contributed by atoms with Crippen molar-refractivity contribution in [2.45, 2.75) is 12.8 Å². The van der Waals surface area contributed by atoms with E-state index in [0.29, 0.717) is 34.1 Å². The van der Waals surface area contributed by atoms with E-state index in [4.69, 9.17) is 22.3 Å². The molecule has 7 aromatic rings. The molecule has 0 saturated carbocycles. The number of carbonyl (C=O) groups excluding carboxylic acids is 8. The topological polar surface area (TPSA) is 362 Å². The number of amidine groups is 2. The van der Waals surface area contributed by atoms with E-state index in [1.54, 1.807) is 88.6 Å². The van der Waals surface area contributed by atoms with E-state index < -0.39 is 47.3 Å². The molecule has 14 N–H and O–H groups in total. The Morgan fingerprint density at radius 1 is 0.355 bits per heavy atom. The monoisotopic (exact) mass is 1040 g/mol. The largest absolute Gasteiger partial charge is 0.388 e. The van der Waals surface area contributed by atoms with Crippen molar-refractivity contribution in [2.75, 3.05) is 45.0 Å². The lowest BCUT2D eigenvalue weighted by molar-refractivity contribution is 0.0938. The van der Waals surface area contributed by atoms with Crippen molar-refractivity contribution in [1.29, 1.82) is 10.8 Å². The Morgan fingerprint density at radius 2 is 0.553 bits per heavy atom. The maximum absolute atomic E-state index is 13.4. The van der Waals surface area contributed by atoms with Gasteiger partial charge in [0.2, 0.25) is 0 Å². The molecular formula is C50H56N18O8. The highest BCUT2D eigenvalue weighted by Gasteiger charge is 2.22. The van der Waals surface area contributed by atoms with Crippen molar-refractivity contribution >= 4 is 93.1 Å². The van der Waals surface area contributed by atoms with Crippen LogP contribution in [0.1, 0.15) is 96.5 Å². The van der Waals surface area contributed by atoms with E-state index in [-0.39, 0.29) is 82.9 Å². The average Bonchev–Trinajstić information content (AvgIpc) is 4.22. The molecule has 26 nitrogen and oxygen atoms in total. The van der Waals surface area contributed by atoms with Crippen molar-refractivity contribution in [2.24, 2.45) is 53.8 Å². The average molecular weight is 1040 g/mol. The van der Waals surface area contributed by atoms with Gasteiger partial charge in [0.15, 0.2) is 0 Å². The summed E-state index contributed by atoms with van der Waals surface area (Å²) in [6.45, 7) is 0.375. The van der Waals surface area contributed by atoms with Gasteiger partial charge in [0.05, 0.1) is 45.8 Å². The Hall–Kier alpha value is -10.4. The minimum atomic E-state index is -0.522. The summed E-state index contributed by atoms with van der Waals surface area (Å²) in [5, 5.41) is 36.5. The van der Waals surface area contributed by atoms with Gasteiger partial charge in [-0.25, -0.2) is 0 Å². The number of hydrogen-bond acceptors (Lipinski definition) is 10. The number of rotatable bonds is 20. The van der Waals surface area contributed by atoms with Gasteiger partial charge in [-0.15, -0.1) is 0 Å². The SMILES string of the molecule is Cn1cc(NC(=O)c2cc(NC(=O)c3cc(NC(=O)c4ccc(C(=O)Nc5cc(C(=O)Nc6cc(C(=O)Nc7cc(C(=O)NCCC(=N)N)n(C)c7)n(C)c6)n(C)c5)cc4)cn3C)cn2C)cc1C(=O)NCCC(=N)N. The summed E-state index contributed by atoms with van der Waals surface area (Å²) in [6, 6.07) is 14.8. The van der Waals surface area contributed by atoms with Crippen LogP contribution >= 0.6 is 0 Å². The molecule has 6 heterocycles. The van der Waals surface area contributed by atoms with Crippen LogP contribution in [0.2, 0.25) is 0 Å². The second-order valence-corrected chi connectivity index (χ2v) is 17.7. The van der Waals surface area contributed by atoms with Crippen molar-refractivity contribution in [1.82, 2.24) is 38.0 Å².